The molecule has 1 fully saturated rings. The van der Waals surface area contributed by atoms with E-state index in [1.165, 1.54) is 4.90 Å². The molecule has 1 N–H and O–H groups in total. The fourth-order valence-corrected chi connectivity index (χ4v) is 1.95. The molecular formula is C10H17F3N2O. The Hall–Kier alpha value is -0.780. The average Bonchev–Trinajstić information content (AvgIpc) is 2.15. The summed E-state index contributed by atoms with van der Waals surface area (Å²) in [6.45, 7) is 2.83. The quantitative estimate of drug-likeness (QED) is 0.788. The maximum atomic E-state index is 12.1. The van der Waals surface area contributed by atoms with Gasteiger partial charge in [0.15, 0.2) is 0 Å². The number of nitrogens with one attached hydrogen (secondary N) is 1. The molecule has 0 bridgehead atoms. The van der Waals surface area contributed by atoms with Crippen molar-refractivity contribution in [3.8, 4) is 0 Å². The largest absolute Gasteiger partial charge is 0.397 e. The zero-order valence-electron chi connectivity index (χ0n) is 9.47. The van der Waals surface area contributed by atoms with Gasteiger partial charge in [0.25, 0.3) is 0 Å². The molecule has 0 aliphatic carbocycles. The number of likely N-dealkylation sites (N-methyl/N-ethyl adjacent to an activating group) is 1. The van der Waals surface area contributed by atoms with E-state index in [2.05, 4.69) is 5.32 Å². The van der Waals surface area contributed by atoms with E-state index in [4.69, 9.17) is 0 Å². The van der Waals surface area contributed by atoms with Crippen LogP contribution in [0.4, 0.5) is 13.2 Å². The highest BCUT2D eigenvalue weighted by Gasteiger charge is 2.35. The summed E-state index contributed by atoms with van der Waals surface area (Å²) < 4.78 is 36.2. The van der Waals surface area contributed by atoms with Gasteiger partial charge in [0.2, 0.25) is 5.91 Å². The number of hydrogen-bond donors (Lipinski definition) is 1. The van der Waals surface area contributed by atoms with Gasteiger partial charge < -0.3 is 10.2 Å². The Morgan fingerprint density at radius 3 is 2.62 bits per heavy atom. The molecule has 1 rings (SSSR count). The maximum absolute atomic E-state index is 12.1. The second-order valence-electron chi connectivity index (χ2n) is 4.29. The number of nitrogens with zero attached hydrogens (tertiary/aromatic N) is 1. The first-order chi connectivity index (χ1) is 7.33. The summed E-state index contributed by atoms with van der Waals surface area (Å²) in [6, 6.07) is 0.0888. The Kier molecular flexibility index (Phi) is 4.18. The van der Waals surface area contributed by atoms with Crippen LogP contribution in [0.15, 0.2) is 0 Å². The lowest BCUT2D eigenvalue weighted by Gasteiger charge is -2.37. The number of halogens is 3. The molecule has 0 spiro atoms. The highest BCUT2D eigenvalue weighted by molar-refractivity contribution is 5.77. The van der Waals surface area contributed by atoms with E-state index >= 15 is 0 Å². The van der Waals surface area contributed by atoms with Crippen LogP contribution in [-0.2, 0) is 4.79 Å². The van der Waals surface area contributed by atoms with Gasteiger partial charge >= 0.3 is 6.18 Å². The molecule has 16 heavy (non-hydrogen) atoms. The van der Waals surface area contributed by atoms with Gasteiger partial charge in [-0.1, -0.05) is 6.92 Å². The van der Waals surface area contributed by atoms with Crippen molar-refractivity contribution in [2.24, 2.45) is 5.92 Å². The fourth-order valence-electron chi connectivity index (χ4n) is 1.95. The molecule has 0 aromatic heterocycles. The predicted molar refractivity (Wildman–Crippen MR) is 53.9 cm³/mol. The van der Waals surface area contributed by atoms with E-state index in [0.717, 1.165) is 6.42 Å². The molecule has 1 heterocycles. The lowest BCUT2D eigenvalue weighted by Crippen LogP contribution is -2.51. The molecular weight excluding hydrogens is 221 g/mol. The van der Waals surface area contributed by atoms with Crippen molar-refractivity contribution < 1.29 is 18.0 Å². The van der Waals surface area contributed by atoms with E-state index in [1.807, 2.05) is 6.92 Å². The highest BCUT2D eigenvalue weighted by atomic mass is 19.4. The first kappa shape index (κ1) is 13.3. The number of carbonyl (C=O) groups excluding carboxylic acids is 1. The number of amides is 1. The summed E-state index contributed by atoms with van der Waals surface area (Å²) in [6.07, 6.45) is -5.01. The van der Waals surface area contributed by atoms with Gasteiger partial charge in [-0.05, 0) is 19.4 Å². The smallest absolute Gasteiger partial charge is 0.341 e. The molecule has 6 heteroatoms. The Morgan fingerprint density at radius 2 is 2.12 bits per heavy atom. The van der Waals surface area contributed by atoms with Gasteiger partial charge in [-0.3, -0.25) is 4.79 Å². The number of alkyl halides is 3. The molecule has 94 valence electrons. The molecule has 2 atom stereocenters. The Morgan fingerprint density at radius 1 is 1.50 bits per heavy atom. The number of rotatable bonds is 2. The average molecular weight is 238 g/mol. The first-order valence-corrected chi connectivity index (χ1v) is 5.35. The minimum atomic E-state index is -4.41. The van der Waals surface area contributed by atoms with Crippen molar-refractivity contribution in [3.05, 3.63) is 0 Å². The number of carbonyl (C=O) groups is 1. The van der Waals surface area contributed by atoms with Crippen molar-refractivity contribution in [1.29, 1.82) is 0 Å². The summed E-state index contributed by atoms with van der Waals surface area (Å²) in [5, 5.41) is 3.03. The fraction of sp³-hybridized carbons (Fsp3) is 0.900. The Bertz CT molecular complexity index is 255. The van der Waals surface area contributed by atoms with Gasteiger partial charge in [0.1, 0.15) is 6.42 Å². The van der Waals surface area contributed by atoms with E-state index in [0.29, 0.717) is 19.0 Å². The summed E-state index contributed by atoms with van der Waals surface area (Å²) in [4.78, 5) is 12.7. The van der Waals surface area contributed by atoms with Crippen molar-refractivity contribution >= 4 is 5.91 Å². The molecule has 1 saturated heterocycles. The van der Waals surface area contributed by atoms with E-state index in [-0.39, 0.29) is 6.04 Å². The SMILES string of the molecule is CNC1CN(C(=O)CC(F)(F)F)CCC1C. The Labute approximate surface area is 93.0 Å². The highest BCUT2D eigenvalue weighted by Crippen LogP contribution is 2.23. The molecule has 1 amide bonds. The summed E-state index contributed by atoms with van der Waals surface area (Å²) in [7, 11) is 1.76. The third-order valence-corrected chi connectivity index (χ3v) is 3.03. The van der Waals surface area contributed by atoms with Gasteiger partial charge in [-0.2, -0.15) is 13.2 Å². The van der Waals surface area contributed by atoms with Crippen LogP contribution < -0.4 is 5.32 Å². The van der Waals surface area contributed by atoms with Gasteiger partial charge in [0, 0.05) is 19.1 Å². The summed E-state index contributed by atoms with van der Waals surface area (Å²) >= 11 is 0. The van der Waals surface area contributed by atoms with Gasteiger partial charge in [-0.15, -0.1) is 0 Å². The van der Waals surface area contributed by atoms with Gasteiger partial charge in [0.05, 0.1) is 0 Å². The topological polar surface area (TPSA) is 32.3 Å². The van der Waals surface area contributed by atoms with E-state index < -0.39 is 18.5 Å². The zero-order valence-corrected chi connectivity index (χ0v) is 9.47. The molecule has 1 aliphatic heterocycles. The lowest BCUT2D eigenvalue weighted by atomic mass is 9.93. The van der Waals surface area contributed by atoms with Crippen LogP contribution in [0.3, 0.4) is 0 Å². The maximum Gasteiger partial charge on any atom is 0.397 e. The third kappa shape index (κ3) is 3.66. The number of likely N-dealkylation sites (tertiary alicyclic amines) is 1. The molecule has 0 saturated carbocycles. The van der Waals surface area contributed by atoms with Crippen LogP contribution in [0.25, 0.3) is 0 Å². The van der Waals surface area contributed by atoms with Crippen LogP contribution in [0.5, 0.6) is 0 Å². The predicted octanol–water partition coefficient (Wildman–Crippen LogP) is 1.40. The first-order valence-electron chi connectivity index (χ1n) is 5.35. The van der Waals surface area contributed by atoms with Crippen LogP contribution >= 0.6 is 0 Å². The van der Waals surface area contributed by atoms with Crippen LogP contribution in [0, 0.1) is 5.92 Å². The van der Waals surface area contributed by atoms with Gasteiger partial charge in [-0.25, -0.2) is 0 Å². The lowest BCUT2D eigenvalue weighted by molar-refractivity contribution is -0.162. The van der Waals surface area contributed by atoms with E-state index in [1.54, 1.807) is 7.05 Å². The van der Waals surface area contributed by atoms with Crippen molar-refractivity contribution in [3.63, 3.8) is 0 Å². The molecule has 0 aromatic rings. The molecule has 3 nitrogen and oxygen atoms in total. The summed E-state index contributed by atoms with van der Waals surface area (Å²) in [5.74, 6) is -0.431. The monoisotopic (exact) mass is 238 g/mol. The van der Waals surface area contributed by atoms with Crippen LogP contribution in [0.2, 0.25) is 0 Å². The number of hydrogen-bond acceptors (Lipinski definition) is 2. The molecule has 0 radical (unpaired) electrons. The standard InChI is InChI=1S/C10H17F3N2O/c1-7-3-4-15(6-8(7)14-2)9(16)5-10(11,12)13/h7-8,14H,3-6H2,1-2H3. The summed E-state index contributed by atoms with van der Waals surface area (Å²) in [5.41, 5.74) is 0. The minimum Gasteiger partial charge on any atom is -0.341 e. The normalized spacial score (nSPS) is 26.9. The minimum absolute atomic E-state index is 0.0888. The van der Waals surface area contributed by atoms with Crippen molar-refractivity contribution in [2.45, 2.75) is 32.0 Å². The van der Waals surface area contributed by atoms with Crippen LogP contribution in [-0.4, -0.2) is 43.2 Å². The van der Waals surface area contributed by atoms with Crippen molar-refractivity contribution in [2.75, 3.05) is 20.1 Å². The van der Waals surface area contributed by atoms with E-state index in [9.17, 15) is 18.0 Å². The van der Waals surface area contributed by atoms with Crippen LogP contribution in [0.1, 0.15) is 19.8 Å². The molecule has 2 unspecified atom stereocenters. The second-order valence-corrected chi connectivity index (χ2v) is 4.29. The third-order valence-electron chi connectivity index (χ3n) is 3.03. The molecule has 1 aliphatic rings. The van der Waals surface area contributed by atoms with Crippen molar-refractivity contribution in [1.82, 2.24) is 10.2 Å². The molecule has 0 aromatic carbocycles. The Balaban J connectivity index is 2.52. The zero-order chi connectivity index (χ0) is 12.3. The number of piperidine rings is 1. The second kappa shape index (κ2) is 5.03.